The standard InChI is InChI=1S/C3H6OS2.Sb.2H/c1-2-6-3(4)5;;;/h2H2,1H3,(H,4,5);;;/q;+1;;/p-1. The van der Waals surface area contributed by atoms with Gasteiger partial charge in [-0.15, -0.1) is 0 Å². The summed E-state index contributed by atoms with van der Waals surface area (Å²) in [6.45, 7) is 2.05. The summed E-state index contributed by atoms with van der Waals surface area (Å²) in [5, 5.41) is 0. The Morgan fingerprint density at radius 1 is 2.00 bits per heavy atom. The summed E-state index contributed by atoms with van der Waals surface area (Å²) in [5.41, 5.74) is 0. The Morgan fingerprint density at radius 2 is 2.57 bits per heavy atom. The molecule has 0 saturated heterocycles. The molecular formula is C3H7OS2Sb. The van der Waals surface area contributed by atoms with Gasteiger partial charge in [0.25, 0.3) is 0 Å². The molecule has 0 N–H and O–H groups in total. The van der Waals surface area contributed by atoms with Crippen molar-refractivity contribution >= 4 is 51.8 Å². The summed E-state index contributed by atoms with van der Waals surface area (Å²) in [6, 6.07) is 0. The minimum atomic E-state index is 0.685. The molecule has 0 spiro atoms. The summed E-state index contributed by atoms with van der Waals surface area (Å²) in [4.78, 5) is 0. The maximum atomic E-state index is 4.81. The Hall–Kier alpha value is 1.06. The van der Waals surface area contributed by atoms with Crippen LogP contribution in [0.5, 0.6) is 0 Å². The van der Waals surface area contributed by atoms with Crippen LogP contribution < -0.4 is 0 Å². The fourth-order valence-corrected chi connectivity index (χ4v) is 1.39. The fourth-order valence-electron chi connectivity index (χ4n) is 0.152. The van der Waals surface area contributed by atoms with E-state index in [1.807, 2.05) is 0 Å². The molecule has 0 atom stereocenters. The van der Waals surface area contributed by atoms with Gasteiger partial charge in [0.15, 0.2) is 0 Å². The minimum absolute atomic E-state index is 0.685. The molecule has 0 unspecified atom stereocenters. The molecule has 0 radical (unpaired) electrons. The van der Waals surface area contributed by atoms with Gasteiger partial charge in [0.1, 0.15) is 0 Å². The van der Waals surface area contributed by atoms with Crippen molar-refractivity contribution in [2.75, 3.05) is 5.75 Å². The van der Waals surface area contributed by atoms with E-state index in [9.17, 15) is 0 Å². The van der Waals surface area contributed by atoms with E-state index >= 15 is 0 Å². The summed E-state index contributed by atoms with van der Waals surface area (Å²) in [7, 11) is 0. The Bertz CT molecular complexity index is 66.0. The molecule has 0 aliphatic heterocycles. The first kappa shape index (κ1) is 8.06. The van der Waals surface area contributed by atoms with Crippen molar-refractivity contribution in [2.24, 2.45) is 0 Å². The summed E-state index contributed by atoms with van der Waals surface area (Å²) < 4.78 is 5.50. The summed E-state index contributed by atoms with van der Waals surface area (Å²) in [5.74, 6) is 1.01. The molecule has 0 bridgehead atoms. The number of rotatable bonds is 1. The topological polar surface area (TPSA) is 9.23 Å². The molecule has 0 amide bonds. The zero-order valence-corrected chi connectivity index (χ0v) is 8.94. The summed E-state index contributed by atoms with van der Waals surface area (Å²) in [6.07, 6.45) is 0. The van der Waals surface area contributed by atoms with Crippen molar-refractivity contribution < 1.29 is 3.02 Å². The van der Waals surface area contributed by atoms with E-state index in [0.29, 0.717) is 4.38 Å². The fraction of sp³-hybridized carbons (Fsp3) is 0.667. The molecule has 0 fully saturated rings. The molecule has 7 heavy (non-hydrogen) atoms. The van der Waals surface area contributed by atoms with Gasteiger partial charge in [0.05, 0.1) is 0 Å². The van der Waals surface area contributed by atoms with Crippen LogP contribution in [0.25, 0.3) is 0 Å². The van der Waals surface area contributed by atoms with Crippen molar-refractivity contribution in [3.05, 3.63) is 0 Å². The predicted octanol–water partition coefficient (Wildman–Crippen LogP) is 0.589. The monoisotopic (exact) mass is 244 g/mol. The summed E-state index contributed by atoms with van der Waals surface area (Å²) >= 11 is 7.08. The van der Waals surface area contributed by atoms with E-state index in [-0.39, 0.29) is 0 Å². The molecule has 1 nitrogen and oxygen atoms in total. The molecule has 0 rings (SSSR count). The Labute approximate surface area is 67.2 Å². The Morgan fingerprint density at radius 3 is 2.71 bits per heavy atom. The van der Waals surface area contributed by atoms with Crippen molar-refractivity contribution in [1.82, 2.24) is 0 Å². The van der Waals surface area contributed by atoms with E-state index in [2.05, 4.69) is 6.92 Å². The van der Waals surface area contributed by atoms with E-state index in [0.717, 1.165) is 29.2 Å². The van der Waals surface area contributed by atoms with Crippen LogP contribution in [0.2, 0.25) is 0 Å². The van der Waals surface area contributed by atoms with Crippen LogP contribution in [0, 0.1) is 0 Å². The van der Waals surface area contributed by atoms with E-state index < -0.39 is 0 Å². The van der Waals surface area contributed by atoms with Crippen LogP contribution >= 0.6 is 24.0 Å². The first-order valence-electron chi connectivity index (χ1n) is 1.84. The van der Waals surface area contributed by atoms with Crippen LogP contribution in [0.3, 0.4) is 0 Å². The van der Waals surface area contributed by atoms with Crippen LogP contribution in [-0.2, 0) is 3.02 Å². The zero-order valence-electron chi connectivity index (χ0n) is 4.01. The SMILES string of the molecule is CCSC(=S)[O][SbH2]. The Kier molecular flexibility index (Phi) is 5.99. The van der Waals surface area contributed by atoms with Crippen LogP contribution in [0.15, 0.2) is 0 Å². The van der Waals surface area contributed by atoms with Crippen molar-refractivity contribution in [3.8, 4) is 0 Å². The average molecular weight is 245 g/mol. The normalized spacial score (nSPS) is 8.29. The van der Waals surface area contributed by atoms with E-state index in [1.54, 1.807) is 11.8 Å². The molecule has 4 heteroatoms. The first-order valence-corrected chi connectivity index (χ1v) is 4.58. The molecule has 0 aliphatic rings. The zero-order chi connectivity index (χ0) is 5.70. The quantitative estimate of drug-likeness (QED) is 0.494. The third kappa shape index (κ3) is 4.92. The second-order valence-corrected chi connectivity index (χ2v) is 3.34. The maximum absolute atomic E-state index is 4.81. The van der Waals surface area contributed by atoms with Gasteiger partial charge in [-0.2, -0.15) is 0 Å². The van der Waals surface area contributed by atoms with Crippen molar-refractivity contribution in [2.45, 2.75) is 6.92 Å². The van der Waals surface area contributed by atoms with Gasteiger partial charge >= 0.3 is 67.5 Å². The van der Waals surface area contributed by atoms with Gasteiger partial charge in [0.2, 0.25) is 0 Å². The van der Waals surface area contributed by atoms with Crippen LogP contribution in [0.4, 0.5) is 0 Å². The second-order valence-electron chi connectivity index (χ2n) is 0.801. The molecule has 0 aromatic carbocycles. The number of thiocarbonyl (C=S) groups is 1. The van der Waals surface area contributed by atoms with Gasteiger partial charge in [-0.25, -0.2) is 0 Å². The van der Waals surface area contributed by atoms with E-state index in [4.69, 9.17) is 15.2 Å². The molecule has 0 aromatic heterocycles. The van der Waals surface area contributed by atoms with E-state index in [1.165, 1.54) is 0 Å². The third-order valence-electron chi connectivity index (χ3n) is 0.358. The second kappa shape index (κ2) is 5.20. The van der Waals surface area contributed by atoms with Gasteiger partial charge in [-0.3, -0.25) is 0 Å². The van der Waals surface area contributed by atoms with Gasteiger partial charge in [0, 0.05) is 0 Å². The Balaban J connectivity index is 3.00. The van der Waals surface area contributed by atoms with Crippen molar-refractivity contribution in [1.29, 1.82) is 0 Å². The first-order chi connectivity index (χ1) is 3.31. The van der Waals surface area contributed by atoms with Crippen LogP contribution in [-0.4, -0.2) is 33.6 Å². The average Bonchev–Trinajstić information content (AvgIpc) is 1.68. The third-order valence-corrected chi connectivity index (χ3v) is 3.08. The number of hydrogen-bond donors (Lipinski definition) is 0. The van der Waals surface area contributed by atoms with Gasteiger partial charge in [-0.1, -0.05) is 0 Å². The van der Waals surface area contributed by atoms with Gasteiger partial charge < -0.3 is 0 Å². The predicted molar refractivity (Wildman–Crippen MR) is 40.4 cm³/mol. The number of thioether (sulfide) groups is 1. The molecule has 0 aromatic rings. The molecule has 0 saturated carbocycles. The molecular weight excluding hydrogens is 238 g/mol. The van der Waals surface area contributed by atoms with Crippen LogP contribution in [0.1, 0.15) is 6.92 Å². The molecule has 0 heterocycles. The number of hydrogen-bond acceptors (Lipinski definition) is 3. The van der Waals surface area contributed by atoms with Gasteiger partial charge in [-0.05, 0) is 0 Å². The molecule has 42 valence electrons. The van der Waals surface area contributed by atoms with Crippen molar-refractivity contribution in [3.63, 3.8) is 0 Å². The molecule has 0 aliphatic carbocycles.